The van der Waals surface area contributed by atoms with E-state index in [1.54, 1.807) is 21.1 Å². The minimum absolute atomic E-state index is 0. The van der Waals surface area contributed by atoms with Crippen LogP contribution in [0.5, 0.6) is 0 Å². The largest absolute Gasteiger partial charge is 0.191 e. The molecule has 0 aliphatic carbocycles. The molecular formula is C16H37AlCl-. The number of unbranched alkanes of at least 4 members (excludes halogenated alkanes) is 4. The standard InChI is InChI=1S/4C4H9.Al.ClH/c4*1-3-4-2;;/h4*1,3-4H2,2H3;;1H/q;;;;-1;. The smallest absolute Gasteiger partial charge is 0.134 e. The van der Waals surface area contributed by atoms with Gasteiger partial charge in [-0.2, -0.15) is 21.1 Å². The first-order valence-electron chi connectivity index (χ1n) is 8.46. The molecule has 0 amide bonds. The Labute approximate surface area is 125 Å². The van der Waals surface area contributed by atoms with Gasteiger partial charge in [0.15, 0.2) is 0 Å². The molecule has 0 radical (unpaired) electrons. The molecule has 0 aromatic rings. The van der Waals surface area contributed by atoms with Crippen LogP contribution in [0.15, 0.2) is 0 Å². The Morgan fingerprint density at radius 2 is 0.722 bits per heavy atom. The third kappa shape index (κ3) is 9.71. The SMILES string of the molecule is CCC[CH2][Al-]([CH2]CCC)([CH2]CCC)[CH2]CCC.Cl. The van der Waals surface area contributed by atoms with E-state index in [9.17, 15) is 0 Å². The molecule has 0 unspecified atom stereocenters. The van der Waals surface area contributed by atoms with E-state index in [4.69, 9.17) is 0 Å². The predicted molar refractivity (Wildman–Crippen MR) is 91.9 cm³/mol. The van der Waals surface area contributed by atoms with Crippen molar-refractivity contribution in [3.63, 3.8) is 0 Å². The monoisotopic (exact) mass is 291 g/mol. The van der Waals surface area contributed by atoms with E-state index >= 15 is 0 Å². The summed E-state index contributed by atoms with van der Waals surface area (Å²) in [5.74, 6) is 0. The van der Waals surface area contributed by atoms with E-state index in [1.807, 2.05) is 0 Å². The summed E-state index contributed by atoms with van der Waals surface area (Å²) >= 11 is -1.20. The second-order valence-electron chi connectivity index (χ2n) is 6.30. The van der Waals surface area contributed by atoms with E-state index in [1.165, 1.54) is 51.4 Å². The van der Waals surface area contributed by atoms with Gasteiger partial charge in [0, 0.05) is 0 Å². The second-order valence-corrected chi connectivity index (χ2v) is 12.1. The molecule has 0 fully saturated rings. The molecule has 0 nitrogen and oxygen atoms in total. The Morgan fingerprint density at radius 1 is 0.500 bits per heavy atom. The maximum Gasteiger partial charge on any atom is 0.134 e. The fourth-order valence-corrected chi connectivity index (χ4v) is 10.2. The van der Waals surface area contributed by atoms with Gasteiger partial charge in [0.05, 0.1) is 0 Å². The highest BCUT2D eigenvalue weighted by atomic mass is 35.5. The molecule has 0 N–H and O–H groups in total. The molecule has 0 rings (SSSR count). The zero-order chi connectivity index (χ0) is 13.0. The summed E-state index contributed by atoms with van der Waals surface area (Å²) in [5, 5.41) is 6.62. The third-order valence-electron chi connectivity index (χ3n) is 4.68. The van der Waals surface area contributed by atoms with Crippen LogP contribution in [-0.2, 0) is 0 Å². The molecule has 0 saturated carbocycles. The Kier molecular flexibility index (Phi) is 16.7. The molecular weight excluding hydrogens is 255 g/mol. The summed E-state index contributed by atoms with van der Waals surface area (Å²) in [6, 6.07) is 0. The molecule has 0 heterocycles. The minimum Gasteiger partial charge on any atom is -0.191 e. The van der Waals surface area contributed by atoms with Crippen molar-refractivity contribution >= 4 is 25.5 Å². The third-order valence-corrected chi connectivity index (χ3v) is 11.2. The van der Waals surface area contributed by atoms with Crippen LogP contribution < -0.4 is 0 Å². The van der Waals surface area contributed by atoms with Crippen molar-refractivity contribution < 1.29 is 0 Å². The van der Waals surface area contributed by atoms with Gasteiger partial charge >= 0.3 is 0 Å². The Bertz CT molecular complexity index is 122. The van der Waals surface area contributed by atoms with Crippen LogP contribution in [0.25, 0.3) is 0 Å². The van der Waals surface area contributed by atoms with E-state index < -0.39 is 13.1 Å². The van der Waals surface area contributed by atoms with Crippen LogP contribution in [0.4, 0.5) is 0 Å². The molecule has 0 aromatic carbocycles. The zero-order valence-corrected chi connectivity index (χ0v) is 15.4. The van der Waals surface area contributed by atoms with Crippen molar-refractivity contribution in [2.24, 2.45) is 0 Å². The van der Waals surface area contributed by atoms with Crippen LogP contribution in [0.3, 0.4) is 0 Å². The summed E-state index contributed by atoms with van der Waals surface area (Å²) in [6.07, 6.45) is 11.7. The molecule has 0 aliphatic heterocycles. The van der Waals surface area contributed by atoms with Crippen LogP contribution >= 0.6 is 12.4 Å². The summed E-state index contributed by atoms with van der Waals surface area (Å²) in [5.41, 5.74) is 0. The van der Waals surface area contributed by atoms with Gasteiger partial charge in [-0.1, -0.05) is 79.1 Å². The van der Waals surface area contributed by atoms with Crippen molar-refractivity contribution in [2.45, 2.75) is 100 Å². The van der Waals surface area contributed by atoms with Crippen LogP contribution in [0.1, 0.15) is 79.1 Å². The van der Waals surface area contributed by atoms with E-state index in [2.05, 4.69) is 27.7 Å². The van der Waals surface area contributed by atoms with Crippen molar-refractivity contribution in [2.75, 3.05) is 0 Å². The van der Waals surface area contributed by atoms with Crippen LogP contribution in [-0.4, -0.2) is 13.1 Å². The van der Waals surface area contributed by atoms with Crippen molar-refractivity contribution in [1.82, 2.24) is 0 Å². The average molecular weight is 292 g/mol. The lowest BCUT2D eigenvalue weighted by atomic mass is 10.4. The molecule has 0 spiro atoms. The Morgan fingerprint density at radius 3 is 0.889 bits per heavy atom. The average Bonchev–Trinajstić information content (AvgIpc) is 2.37. The predicted octanol–water partition coefficient (Wildman–Crippen LogP) is 7.06. The Balaban J connectivity index is 0. The molecule has 18 heavy (non-hydrogen) atoms. The fraction of sp³-hybridized carbons (Fsp3) is 1.00. The van der Waals surface area contributed by atoms with Crippen LogP contribution in [0, 0.1) is 0 Å². The first-order valence-corrected chi connectivity index (χ1v) is 11.7. The summed E-state index contributed by atoms with van der Waals surface area (Å²) < 4.78 is 0. The highest BCUT2D eigenvalue weighted by Crippen LogP contribution is 2.33. The molecule has 0 bridgehead atoms. The maximum absolute atomic E-state index is 2.36. The molecule has 0 aromatic heterocycles. The van der Waals surface area contributed by atoms with Gasteiger partial charge in [-0.3, -0.25) is 0 Å². The van der Waals surface area contributed by atoms with Crippen molar-refractivity contribution in [1.29, 1.82) is 0 Å². The number of hydrogen-bond donors (Lipinski definition) is 0. The zero-order valence-electron chi connectivity index (χ0n) is 13.5. The lowest BCUT2D eigenvalue weighted by molar-refractivity contribution is 0.762. The second kappa shape index (κ2) is 14.2. The summed E-state index contributed by atoms with van der Waals surface area (Å²) in [6.45, 7) is 9.46. The molecule has 0 aliphatic rings. The molecule has 112 valence electrons. The van der Waals surface area contributed by atoms with Crippen molar-refractivity contribution in [3.8, 4) is 0 Å². The first-order chi connectivity index (χ1) is 8.24. The normalized spacial score (nSPS) is 11.3. The van der Waals surface area contributed by atoms with E-state index in [0.29, 0.717) is 0 Å². The van der Waals surface area contributed by atoms with Gasteiger partial charge in [0.25, 0.3) is 0 Å². The maximum atomic E-state index is 2.36. The lowest BCUT2D eigenvalue weighted by Gasteiger charge is -2.36. The van der Waals surface area contributed by atoms with Crippen molar-refractivity contribution in [3.05, 3.63) is 0 Å². The lowest BCUT2D eigenvalue weighted by Crippen LogP contribution is -2.33. The summed E-state index contributed by atoms with van der Waals surface area (Å²) in [4.78, 5) is 0. The van der Waals surface area contributed by atoms with Gasteiger partial charge in [0.2, 0.25) is 0 Å². The minimum atomic E-state index is -1.20. The molecule has 0 saturated heterocycles. The van der Waals surface area contributed by atoms with Gasteiger partial charge in [0.1, 0.15) is 13.1 Å². The first kappa shape index (κ1) is 21.1. The fourth-order valence-electron chi connectivity index (χ4n) is 3.41. The highest BCUT2D eigenvalue weighted by molar-refractivity contribution is 6.79. The highest BCUT2D eigenvalue weighted by Gasteiger charge is 2.26. The van der Waals surface area contributed by atoms with E-state index in [-0.39, 0.29) is 12.4 Å². The number of rotatable bonds is 12. The molecule has 2 heteroatoms. The van der Waals surface area contributed by atoms with Gasteiger partial charge < -0.3 is 0 Å². The van der Waals surface area contributed by atoms with Gasteiger partial charge in [-0.15, -0.1) is 12.4 Å². The van der Waals surface area contributed by atoms with Crippen LogP contribution in [0.2, 0.25) is 21.1 Å². The van der Waals surface area contributed by atoms with Gasteiger partial charge in [-0.25, -0.2) is 0 Å². The quantitative estimate of drug-likeness (QED) is 0.338. The number of halogens is 1. The van der Waals surface area contributed by atoms with E-state index in [0.717, 1.165) is 0 Å². The van der Waals surface area contributed by atoms with Gasteiger partial charge in [-0.05, 0) is 0 Å². The topological polar surface area (TPSA) is 0 Å². The Hall–Kier alpha value is 0.822. The summed E-state index contributed by atoms with van der Waals surface area (Å²) in [7, 11) is 0. The number of hydrogen-bond acceptors (Lipinski definition) is 0. The molecule has 0 atom stereocenters.